The minimum atomic E-state index is 0.184. The highest BCUT2D eigenvalue weighted by atomic mass is 16.5. The van der Waals surface area contributed by atoms with E-state index >= 15 is 0 Å². The summed E-state index contributed by atoms with van der Waals surface area (Å²) < 4.78 is 10.9. The second-order valence-corrected chi connectivity index (χ2v) is 3.80. The van der Waals surface area contributed by atoms with Crippen LogP contribution in [0.2, 0.25) is 0 Å². The molecule has 15 heavy (non-hydrogen) atoms. The maximum atomic E-state index is 10.5. The molecule has 0 radical (unpaired) electrons. The molecule has 1 aliphatic heterocycles. The van der Waals surface area contributed by atoms with Crippen LogP contribution in [0.25, 0.3) is 0 Å². The number of morpholine rings is 1. The third-order valence-electron chi connectivity index (χ3n) is 2.90. The van der Waals surface area contributed by atoms with Gasteiger partial charge in [-0.25, -0.2) is 0 Å². The van der Waals surface area contributed by atoms with Gasteiger partial charge in [-0.3, -0.25) is 4.79 Å². The number of hydrogen-bond donors (Lipinski definition) is 0. The average Bonchev–Trinajstić information content (AvgIpc) is 2.70. The fourth-order valence-electron chi connectivity index (χ4n) is 1.80. The summed E-state index contributed by atoms with van der Waals surface area (Å²) in [5, 5.41) is 0. The average molecular weight is 209 g/mol. The van der Waals surface area contributed by atoms with Gasteiger partial charge in [-0.15, -0.1) is 0 Å². The predicted molar refractivity (Wildman–Crippen MR) is 56.3 cm³/mol. The summed E-state index contributed by atoms with van der Waals surface area (Å²) in [6, 6.07) is 3.79. The van der Waals surface area contributed by atoms with Gasteiger partial charge in [0.2, 0.25) is 0 Å². The zero-order valence-corrected chi connectivity index (χ0v) is 8.97. The van der Waals surface area contributed by atoms with Gasteiger partial charge in [0.15, 0.2) is 17.9 Å². The number of aldehydes is 1. The standard InChI is InChI=1S/C11H15NO3/c1-8-9(2)14-6-5-12(8)11-4-3-10(7-13)15-11/h3-4,7-9H,5-6H2,1-2H3. The van der Waals surface area contributed by atoms with Crippen molar-refractivity contribution in [2.24, 2.45) is 0 Å². The van der Waals surface area contributed by atoms with E-state index in [0.29, 0.717) is 12.4 Å². The molecule has 0 bridgehead atoms. The van der Waals surface area contributed by atoms with Crippen LogP contribution in [0.4, 0.5) is 5.88 Å². The lowest BCUT2D eigenvalue weighted by atomic mass is 10.1. The number of carbonyl (C=O) groups excluding carboxylic acids is 1. The summed E-state index contributed by atoms with van der Waals surface area (Å²) in [6.07, 6.45) is 0.904. The molecule has 4 nitrogen and oxygen atoms in total. The number of anilines is 1. The van der Waals surface area contributed by atoms with E-state index < -0.39 is 0 Å². The van der Waals surface area contributed by atoms with Crippen molar-refractivity contribution < 1.29 is 13.9 Å². The molecule has 0 aliphatic carbocycles. The van der Waals surface area contributed by atoms with E-state index in [1.807, 2.05) is 13.0 Å². The molecule has 0 saturated carbocycles. The molecule has 2 heterocycles. The summed E-state index contributed by atoms with van der Waals surface area (Å²) >= 11 is 0. The predicted octanol–water partition coefficient (Wildman–Crippen LogP) is 1.71. The molecular weight excluding hydrogens is 194 g/mol. The normalized spacial score (nSPS) is 26.7. The van der Waals surface area contributed by atoms with E-state index in [-0.39, 0.29) is 12.1 Å². The van der Waals surface area contributed by atoms with E-state index in [1.165, 1.54) is 0 Å². The van der Waals surface area contributed by atoms with Gasteiger partial charge in [0.25, 0.3) is 0 Å². The third-order valence-corrected chi connectivity index (χ3v) is 2.90. The number of hydrogen-bond acceptors (Lipinski definition) is 4. The largest absolute Gasteiger partial charge is 0.438 e. The Kier molecular flexibility index (Phi) is 2.77. The molecule has 0 N–H and O–H groups in total. The Labute approximate surface area is 88.8 Å². The van der Waals surface area contributed by atoms with Crippen LogP contribution in [0.15, 0.2) is 16.5 Å². The summed E-state index contributed by atoms with van der Waals surface area (Å²) in [6.45, 7) is 5.63. The molecule has 1 aromatic heterocycles. The number of nitrogens with zero attached hydrogens (tertiary/aromatic N) is 1. The van der Waals surface area contributed by atoms with Crippen molar-refractivity contribution in [1.82, 2.24) is 0 Å². The molecule has 1 saturated heterocycles. The molecule has 2 atom stereocenters. The molecule has 2 unspecified atom stereocenters. The smallest absolute Gasteiger partial charge is 0.196 e. The van der Waals surface area contributed by atoms with Gasteiger partial charge >= 0.3 is 0 Å². The monoisotopic (exact) mass is 209 g/mol. The van der Waals surface area contributed by atoms with Crippen LogP contribution in [-0.2, 0) is 4.74 Å². The number of rotatable bonds is 2. The minimum Gasteiger partial charge on any atom is -0.438 e. The molecule has 2 rings (SSSR count). The first-order valence-corrected chi connectivity index (χ1v) is 5.15. The van der Waals surface area contributed by atoms with Crippen molar-refractivity contribution in [3.8, 4) is 0 Å². The van der Waals surface area contributed by atoms with Gasteiger partial charge in [-0.05, 0) is 19.9 Å². The topological polar surface area (TPSA) is 42.7 Å². The van der Waals surface area contributed by atoms with Crippen molar-refractivity contribution in [3.63, 3.8) is 0 Å². The molecule has 1 fully saturated rings. The summed E-state index contributed by atoms with van der Waals surface area (Å²) in [4.78, 5) is 12.6. The van der Waals surface area contributed by atoms with Crippen LogP contribution in [0, 0.1) is 0 Å². The quantitative estimate of drug-likeness (QED) is 0.695. The Balaban J connectivity index is 2.18. The van der Waals surface area contributed by atoms with Gasteiger partial charge in [0, 0.05) is 12.6 Å². The van der Waals surface area contributed by atoms with E-state index in [4.69, 9.17) is 9.15 Å². The minimum absolute atomic E-state index is 0.184. The fraction of sp³-hybridized carbons (Fsp3) is 0.545. The summed E-state index contributed by atoms with van der Waals surface area (Å²) in [5.41, 5.74) is 0. The summed E-state index contributed by atoms with van der Waals surface area (Å²) in [5.74, 6) is 1.12. The maximum Gasteiger partial charge on any atom is 0.196 e. The first-order valence-electron chi connectivity index (χ1n) is 5.15. The van der Waals surface area contributed by atoms with Crippen LogP contribution in [-0.4, -0.2) is 31.6 Å². The molecule has 0 spiro atoms. The van der Waals surface area contributed by atoms with Crippen LogP contribution < -0.4 is 4.90 Å². The lowest BCUT2D eigenvalue weighted by Crippen LogP contribution is -2.48. The third kappa shape index (κ3) is 1.90. The van der Waals surface area contributed by atoms with Crippen LogP contribution in [0.5, 0.6) is 0 Å². The molecule has 0 aromatic carbocycles. The van der Waals surface area contributed by atoms with Gasteiger partial charge in [0.1, 0.15) is 0 Å². The van der Waals surface area contributed by atoms with Gasteiger partial charge in [0.05, 0.1) is 18.8 Å². The van der Waals surface area contributed by atoms with Crippen LogP contribution in [0.1, 0.15) is 24.4 Å². The first kappa shape index (κ1) is 10.2. The van der Waals surface area contributed by atoms with Gasteiger partial charge < -0.3 is 14.1 Å². The highest BCUT2D eigenvalue weighted by Crippen LogP contribution is 2.24. The highest BCUT2D eigenvalue weighted by molar-refractivity contribution is 5.71. The Morgan fingerprint density at radius 2 is 2.27 bits per heavy atom. The molecular formula is C11H15NO3. The zero-order valence-electron chi connectivity index (χ0n) is 8.97. The second kappa shape index (κ2) is 4.06. The fourth-order valence-corrected chi connectivity index (χ4v) is 1.80. The summed E-state index contributed by atoms with van der Waals surface area (Å²) in [7, 11) is 0. The van der Waals surface area contributed by atoms with Gasteiger partial charge in [-0.1, -0.05) is 0 Å². The Bertz CT molecular complexity index is 347. The molecule has 1 aliphatic rings. The van der Waals surface area contributed by atoms with Crippen molar-refractivity contribution in [3.05, 3.63) is 17.9 Å². The number of ether oxygens (including phenoxy) is 1. The van der Waals surface area contributed by atoms with E-state index in [0.717, 1.165) is 18.7 Å². The molecule has 0 amide bonds. The highest BCUT2D eigenvalue weighted by Gasteiger charge is 2.27. The van der Waals surface area contributed by atoms with E-state index in [1.54, 1.807) is 6.07 Å². The first-order chi connectivity index (χ1) is 7.22. The maximum absolute atomic E-state index is 10.5. The molecule has 4 heteroatoms. The molecule has 82 valence electrons. The van der Waals surface area contributed by atoms with Crippen molar-refractivity contribution in [2.45, 2.75) is 26.0 Å². The Hall–Kier alpha value is -1.29. The number of carbonyl (C=O) groups is 1. The van der Waals surface area contributed by atoms with E-state index in [2.05, 4.69) is 11.8 Å². The molecule has 1 aromatic rings. The van der Waals surface area contributed by atoms with E-state index in [9.17, 15) is 4.79 Å². The van der Waals surface area contributed by atoms with Gasteiger partial charge in [-0.2, -0.15) is 0 Å². The van der Waals surface area contributed by atoms with Crippen molar-refractivity contribution in [1.29, 1.82) is 0 Å². The van der Waals surface area contributed by atoms with Crippen LogP contribution >= 0.6 is 0 Å². The lowest BCUT2D eigenvalue weighted by Gasteiger charge is -2.37. The van der Waals surface area contributed by atoms with Crippen LogP contribution in [0.3, 0.4) is 0 Å². The van der Waals surface area contributed by atoms with Crippen molar-refractivity contribution >= 4 is 12.2 Å². The SMILES string of the molecule is CC1OCCN(c2ccc(C=O)o2)C1C. The number of furan rings is 1. The lowest BCUT2D eigenvalue weighted by molar-refractivity contribution is 0.0267. The Morgan fingerprint density at radius 1 is 1.47 bits per heavy atom. The van der Waals surface area contributed by atoms with Crippen molar-refractivity contribution in [2.75, 3.05) is 18.1 Å². The zero-order chi connectivity index (χ0) is 10.8. The Morgan fingerprint density at radius 3 is 2.93 bits per heavy atom. The second-order valence-electron chi connectivity index (χ2n) is 3.80.